The summed E-state index contributed by atoms with van der Waals surface area (Å²) < 4.78 is 11.4. The molecule has 9 heteroatoms. The Hall–Kier alpha value is -4.60. The van der Waals surface area contributed by atoms with Crippen molar-refractivity contribution in [3.63, 3.8) is 0 Å². The molecule has 45 heavy (non-hydrogen) atoms. The van der Waals surface area contributed by atoms with Crippen molar-refractivity contribution in [2.24, 2.45) is 0 Å². The first kappa shape index (κ1) is 33.3. The average Bonchev–Trinajstić information content (AvgIpc) is 3.00. The highest BCUT2D eigenvalue weighted by molar-refractivity contribution is 8.00. The second-order valence-electron chi connectivity index (χ2n) is 10.6. The fourth-order valence-corrected chi connectivity index (χ4v) is 5.93. The molecule has 0 saturated heterocycles. The van der Waals surface area contributed by atoms with Crippen molar-refractivity contribution in [2.45, 2.75) is 56.3 Å². The van der Waals surface area contributed by atoms with Gasteiger partial charge in [0.25, 0.3) is 0 Å². The molecule has 0 spiro atoms. The molecule has 0 radical (unpaired) electrons. The Morgan fingerprint density at radius 2 is 1.87 bits per heavy atom. The summed E-state index contributed by atoms with van der Waals surface area (Å²) in [5.74, 6) is -1.43. The number of aromatic carboxylic acids is 1. The van der Waals surface area contributed by atoms with Crippen molar-refractivity contribution < 1.29 is 34.1 Å². The number of carboxylic acids is 1. The van der Waals surface area contributed by atoms with Gasteiger partial charge in [0.15, 0.2) is 11.2 Å². The quantitative estimate of drug-likeness (QED) is 0.0564. The number of phenols is 1. The first-order chi connectivity index (χ1) is 21.6. The number of ketones is 1. The van der Waals surface area contributed by atoms with E-state index in [2.05, 4.69) is 0 Å². The number of aromatic hydroxyl groups is 1. The van der Waals surface area contributed by atoms with E-state index in [0.717, 1.165) is 23.6 Å². The van der Waals surface area contributed by atoms with Crippen molar-refractivity contribution in [3.8, 4) is 11.5 Å². The molecule has 0 saturated carbocycles. The van der Waals surface area contributed by atoms with Crippen LogP contribution in [0.1, 0.15) is 70.4 Å². The molecule has 0 aliphatic carbocycles. The topological polar surface area (TPSA) is 134 Å². The minimum Gasteiger partial charge on any atom is -0.507 e. The van der Waals surface area contributed by atoms with Gasteiger partial charge >= 0.3 is 5.97 Å². The average molecular weight is 629 g/mol. The lowest BCUT2D eigenvalue weighted by Crippen LogP contribution is -2.13. The summed E-state index contributed by atoms with van der Waals surface area (Å²) >= 11 is 1.36. The zero-order chi connectivity index (χ0) is 32.5. The van der Waals surface area contributed by atoms with E-state index in [1.54, 1.807) is 30.3 Å². The van der Waals surface area contributed by atoms with E-state index in [-0.39, 0.29) is 28.1 Å². The van der Waals surface area contributed by atoms with Gasteiger partial charge < -0.3 is 24.5 Å². The number of Topliss-reactive ketones (excluding diaryl/α,β-unsaturated/α-hetero) is 1. The molecule has 0 aliphatic rings. The van der Waals surface area contributed by atoms with Crippen molar-refractivity contribution in [1.29, 1.82) is 0 Å². The van der Waals surface area contributed by atoms with Gasteiger partial charge in [0.1, 0.15) is 17.1 Å². The maximum absolute atomic E-state index is 12.4. The fourth-order valence-electron chi connectivity index (χ4n) is 4.84. The largest absolute Gasteiger partial charge is 0.507 e. The summed E-state index contributed by atoms with van der Waals surface area (Å²) in [5, 5.41) is 31.0. The van der Waals surface area contributed by atoms with Gasteiger partial charge in [-0.1, -0.05) is 67.5 Å². The van der Waals surface area contributed by atoms with E-state index in [1.165, 1.54) is 18.7 Å². The Bertz CT molecular complexity index is 1800. The Morgan fingerprint density at radius 3 is 2.58 bits per heavy atom. The monoisotopic (exact) mass is 628 g/mol. The van der Waals surface area contributed by atoms with E-state index >= 15 is 0 Å². The first-order valence-electron chi connectivity index (χ1n) is 14.6. The third-order valence-corrected chi connectivity index (χ3v) is 8.30. The first-order valence-corrected chi connectivity index (χ1v) is 15.5. The van der Waals surface area contributed by atoms with Gasteiger partial charge in [-0.3, -0.25) is 9.59 Å². The second-order valence-corrected chi connectivity index (χ2v) is 11.8. The third kappa shape index (κ3) is 8.53. The maximum atomic E-state index is 12.4. The Morgan fingerprint density at radius 1 is 1.07 bits per heavy atom. The minimum absolute atomic E-state index is 0.0214. The number of hydrogen-bond acceptors (Lipinski definition) is 8. The summed E-state index contributed by atoms with van der Waals surface area (Å²) in [7, 11) is 0. The van der Waals surface area contributed by atoms with Crippen LogP contribution < -0.4 is 10.2 Å². The molecule has 4 rings (SSSR count). The summed E-state index contributed by atoms with van der Waals surface area (Å²) in [6.07, 6.45) is 8.61. The molecule has 3 aromatic carbocycles. The van der Waals surface area contributed by atoms with Crippen LogP contribution in [0, 0.1) is 6.92 Å². The summed E-state index contributed by atoms with van der Waals surface area (Å²) in [6, 6.07) is 16.8. The fraction of sp³-hybridized carbons (Fsp3) is 0.250. The number of allylic oxidation sites excluding steroid dienone is 2. The predicted octanol–water partition coefficient (Wildman–Crippen LogP) is 7.44. The van der Waals surface area contributed by atoms with Gasteiger partial charge in [-0.15, -0.1) is 11.8 Å². The number of thioether (sulfide) groups is 1. The van der Waals surface area contributed by atoms with Gasteiger partial charge in [-0.05, 0) is 62.6 Å². The number of carbonyl (C=O) groups excluding carboxylic acids is 1. The van der Waals surface area contributed by atoms with Gasteiger partial charge in [-0.25, -0.2) is 4.79 Å². The van der Waals surface area contributed by atoms with Crippen LogP contribution in [0.25, 0.3) is 11.0 Å². The number of aliphatic hydroxyl groups excluding tert-OH is 1. The number of aliphatic hydroxyl groups is 1. The van der Waals surface area contributed by atoms with E-state index in [4.69, 9.17) is 9.15 Å². The number of aryl methyl sites for hydroxylation is 1. The third-order valence-electron chi connectivity index (χ3n) is 7.09. The minimum atomic E-state index is -1.33. The molecule has 3 N–H and O–H groups in total. The number of rotatable bonds is 14. The van der Waals surface area contributed by atoms with Crippen LogP contribution in [0.3, 0.4) is 0 Å². The van der Waals surface area contributed by atoms with Crippen molar-refractivity contribution in [2.75, 3.05) is 6.61 Å². The predicted molar refractivity (Wildman–Crippen MR) is 176 cm³/mol. The molecular weight excluding hydrogens is 592 g/mol. The molecule has 2 unspecified atom stereocenters. The molecule has 0 bridgehead atoms. The number of ether oxygens (including phenoxy) is 1. The van der Waals surface area contributed by atoms with Crippen molar-refractivity contribution in [1.82, 2.24) is 0 Å². The van der Waals surface area contributed by atoms with Crippen LogP contribution in [0.15, 0.2) is 99.1 Å². The normalized spacial score (nSPS) is 13.0. The summed E-state index contributed by atoms with van der Waals surface area (Å²) in [5.41, 5.74) is 2.39. The highest BCUT2D eigenvalue weighted by atomic mass is 32.2. The number of carboxylic acid groups (broad SMARTS) is 1. The molecule has 8 nitrogen and oxygen atoms in total. The van der Waals surface area contributed by atoms with E-state index in [0.29, 0.717) is 35.7 Å². The van der Waals surface area contributed by atoms with E-state index < -0.39 is 28.5 Å². The zero-order valence-corrected chi connectivity index (χ0v) is 26.2. The molecule has 1 heterocycles. The Kier molecular flexibility index (Phi) is 11.4. The van der Waals surface area contributed by atoms with Crippen LogP contribution in [-0.2, 0) is 6.42 Å². The highest BCUT2D eigenvalue weighted by Crippen LogP contribution is 2.35. The summed E-state index contributed by atoms with van der Waals surface area (Å²) in [6.45, 7) is 5.73. The zero-order valence-electron chi connectivity index (χ0n) is 25.4. The lowest BCUT2D eigenvalue weighted by molar-refractivity contribution is 0.0662. The van der Waals surface area contributed by atoms with Crippen LogP contribution in [-0.4, -0.2) is 38.9 Å². The molecule has 234 valence electrons. The smallest absolute Gasteiger partial charge is 0.371 e. The van der Waals surface area contributed by atoms with E-state index in [9.17, 15) is 29.7 Å². The molecule has 1 aromatic heterocycles. The summed E-state index contributed by atoms with van der Waals surface area (Å²) in [4.78, 5) is 36.3. The second kappa shape index (κ2) is 15.4. The van der Waals surface area contributed by atoms with Crippen LogP contribution in [0.2, 0.25) is 0 Å². The van der Waals surface area contributed by atoms with Gasteiger partial charge in [0.05, 0.1) is 28.9 Å². The molecule has 0 amide bonds. The van der Waals surface area contributed by atoms with Crippen molar-refractivity contribution in [3.05, 3.63) is 123 Å². The van der Waals surface area contributed by atoms with Gasteiger partial charge in [0.2, 0.25) is 5.76 Å². The van der Waals surface area contributed by atoms with Crippen molar-refractivity contribution >= 4 is 34.5 Å². The van der Waals surface area contributed by atoms with E-state index in [1.807, 2.05) is 62.4 Å². The SMILES string of the molecule is CCCc1c(OCCC=CC=CC(Sc2ccc3c(=O)cc(C(=O)O)oc3c2)C(O)c2cccc(C)c2)ccc(C(C)=O)c1O. The number of benzene rings is 3. The van der Waals surface area contributed by atoms with Crippen LogP contribution in [0.5, 0.6) is 11.5 Å². The highest BCUT2D eigenvalue weighted by Gasteiger charge is 2.21. The Labute approximate surface area is 265 Å². The molecule has 0 aliphatic heterocycles. The molecule has 0 fully saturated rings. The number of phenolic OH excluding ortho intramolecular Hbond substituents is 1. The number of hydrogen-bond donors (Lipinski definition) is 3. The number of fused-ring (bicyclic) bond motifs is 1. The molecule has 4 aromatic rings. The van der Waals surface area contributed by atoms with Gasteiger partial charge in [-0.2, -0.15) is 0 Å². The number of carbonyl (C=O) groups is 2. The maximum Gasteiger partial charge on any atom is 0.371 e. The van der Waals surface area contributed by atoms with Crippen LogP contribution >= 0.6 is 11.8 Å². The lowest BCUT2D eigenvalue weighted by atomic mass is 10.0. The standard InChI is InChI=1S/C36H36O8S/c1-4-10-28-30(17-16-26(23(3)37)35(28)40)43-18-8-6-5-7-13-33(34(39)24-12-9-11-22(2)19-24)45-25-14-15-27-29(38)21-32(36(41)42)44-31(27)20-25/h5-7,9,11-17,19-21,33-34,39-40H,4,8,10,18H2,1-3H3,(H,41,42). The Balaban J connectivity index is 1.49. The molecule has 2 atom stereocenters. The lowest BCUT2D eigenvalue weighted by Gasteiger charge is -2.20. The van der Waals surface area contributed by atoms with Crippen LogP contribution in [0.4, 0.5) is 0 Å². The van der Waals surface area contributed by atoms with Gasteiger partial charge in [0, 0.05) is 16.5 Å². The molecular formula is C36H36O8S.